The van der Waals surface area contributed by atoms with Crippen molar-refractivity contribution < 1.29 is 17.6 Å². The number of hydrogen-bond donors (Lipinski definition) is 1. The SMILES string of the molecule is C=CCC(C)NCc1ccc(F)cc1C(F)(F)F. The Hall–Kier alpha value is -1.36. The lowest BCUT2D eigenvalue weighted by molar-refractivity contribution is -0.138. The third-order valence-corrected chi connectivity index (χ3v) is 2.54. The van der Waals surface area contributed by atoms with Crippen LogP contribution in [0.3, 0.4) is 0 Å². The summed E-state index contributed by atoms with van der Waals surface area (Å²) in [4.78, 5) is 0. The number of nitrogens with one attached hydrogen (secondary N) is 1. The molecule has 1 atom stereocenters. The fraction of sp³-hybridized carbons (Fsp3) is 0.385. The minimum atomic E-state index is -4.54. The van der Waals surface area contributed by atoms with Crippen molar-refractivity contribution in [3.8, 4) is 0 Å². The van der Waals surface area contributed by atoms with Crippen LogP contribution in [0.4, 0.5) is 17.6 Å². The molecule has 0 radical (unpaired) electrons. The monoisotopic (exact) mass is 261 g/mol. The van der Waals surface area contributed by atoms with Crippen LogP contribution in [0.15, 0.2) is 30.9 Å². The van der Waals surface area contributed by atoms with Crippen LogP contribution in [0, 0.1) is 5.82 Å². The molecule has 5 heteroatoms. The molecule has 1 aromatic rings. The third kappa shape index (κ3) is 4.14. The van der Waals surface area contributed by atoms with E-state index in [-0.39, 0.29) is 18.2 Å². The molecule has 0 aromatic heterocycles. The molecule has 0 fully saturated rings. The van der Waals surface area contributed by atoms with E-state index in [9.17, 15) is 17.6 Å². The van der Waals surface area contributed by atoms with E-state index in [2.05, 4.69) is 11.9 Å². The van der Waals surface area contributed by atoms with E-state index in [1.54, 1.807) is 6.08 Å². The van der Waals surface area contributed by atoms with Gasteiger partial charge in [0.25, 0.3) is 0 Å². The van der Waals surface area contributed by atoms with Crippen LogP contribution in [0.1, 0.15) is 24.5 Å². The first-order valence-electron chi connectivity index (χ1n) is 5.54. The molecule has 0 aliphatic carbocycles. The van der Waals surface area contributed by atoms with Crippen molar-refractivity contribution in [2.75, 3.05) is 0 Å². The topological polar surface area (TPSA) is 12.0 Å². The standard InChI is InChI=1S/C13H15F4N/c1-3-4-9(2)18-8-10-5-6-11(14)7-12(10)13(15,16)17/h3,5-7,9,18H,1,4,8H2,2H3. The Balaban J connectivity index is 2.85. The molecule has 0 spiro atoms. The molecule has 0 saturated heterocycles. The van der Waals surface area contributed by atoms with Gasteiger partial charge in [-0.25, -0.2) is 4.39 Å². The highest BCUT2D eigenvalue weighted by Crippen LogP contribution is 2.32. The van der Waals surface area contributed by atoms with Gasteiger partial charge in [-0.3, -0.25) is 0 Å². The van der Waals surface area contributed by atoms with Crippen LogP contribution in [0.5, 0.6) is 0 Å². The molecular weight excluding hydrogens is 246 g/mol. The van der Waals surface area contributed by atoms with E-state index in [4.69, 9.17) is 0 Å². The van der Waals surface area contributed by atoms with E-state index in [1.165, 1.54) is 0 Å². The normalized spacial score (nSPS) is 13.4. The van der Waals surface area contributed by atoms with Gasteiger partial charge in [0.2, 0.25) is 0 Å². The summed E-state index contributed by atoms with van der Waals surface area (Å²) in [6, 6.07) is 2.74. The highest BCUT2D eigenvalue weighted by molar-refractivity contribution is 5.30. The van der Waals surface area contributed by atoms with E-state index < -0.39 is 17.6 Å². The molecule has 0 amide bonds. The first-order valence-corrected chi connectivity index (χ1v) is 5.54. The van der Waals surface area contributed by atoms with E-state index >= 15 is 0 Å². The van der Waals surface area contributed by atoms with Gasteiger partial charge in [-0.05, 0) is 31.0 Å². The second-order valence-electron chi connectivity index (χ2n) is 4.11. The van der Waals surface area contributed by atoms with Gasteiger partial charge in [0.05, 0.1) is 5.56 Å². The number of benzene rings is 1. The molecule has 18 heavy (non-hydrogen) atoms. The largest absolute Gasteiger partial charge is 0.416 e. The molecule has 1 N–H and O–H groups in total. The predicted octanol–water partition coefficient (Wildman–Crippen LogP) is 3.90. The molecule has 0 aliphatic rings. The Kier molecular flexibility index (Phi) is 4.90. The summed E-state index contributed by atoms with van der Waals surface area (Å²) in [6.45, 7) is 5.45. The van der Waals surface area contributed by atoms with Gasteiger partial charge in [-0.15, -0.1) is 6.58 Å². The number of hydrogen-bond acceptors (Lipinski definition) is 1. The minimum Gasteiger partial charge on any atom is -0.310 e. The van der Waals surface area contributed by atoms with Crippen LogP contribution in [-0.4, -0.2) is 6.04 Å². The fourth-order valence-corrected chi connectivity index (χ4v) is 1.58. The molecule has 100 valence electrons. The quantitative estimate of drug-likeness (QED) is 0.626. The highest BCUT2D eigenvalue weighted by atomic mass is 19.4. The minimum absolute atomic E-state index is 0.0219. The molecular formula is C13H15F4N. The van der Waals surface area contributed by atoms with Crippen molar-refractivity contribution in [2.45, 2.75) is 32.1 Å². The summed E-state index contributed by atoms with van der Waals surface area (Å²) in [5, 5.41) is 2.94. The summed E-state index contributed by atoms with van der Waals surface area (Å²) in [6.07, 6.45) is -2.20. The Morgan fingerprint density at radius 1 is 1.39 bits per heavy atom. The number of rotatable bonds is 5. The maximum absolute atomic E-state index is 12.9. The fourth-order valence-electron chi connectivity index (χ4n) is 1.58. The van der Waals surface area contributed by atoms with Crippen molar-refractivity contribution in [1.82, 2.24) is 5.32 Å². The van der Waals surface area contributed by atoms with Crippen LogP contribution in [0.2, 0.25) is 0 Å². The van der Waals surface area contributed by atoms with Crippen molar-refractivity contribution in [1.29, 1.82) is 0 Å². The number of halogens is 4. The summed E-state index contributed by atoms with van der Waals surface area (Å²) in [7, 11) is 0. The Bertz CT molecular complexity index is 412. The second kappa shape index (κ2) is 6.00. The maximum atomic E-state index is 12.9. The van der Waals surface area contributed by atoms with Crippen LogP contribution in [0.25, 0.3) is 0 Å². The van der Waals surface area contributed by atoms with Crippen LogP contribution in [-0.2, 0) is 12.7 Å². The van der Waals surface area contributed by atoms with E-state index in [0.717, 1.165) is 12.1 Å². The summed E-state index contributed by atoms with van der Waals surface area (Å²) >= 11 is 0. The van der Waals surface area contributed by atoms with Crippen molar-refractivity contribution in [2.24, 2.45) is 0 Å². The molecule has 0 bridgehead atoms. The average Bonchev–Trinajstić information content (AvgIpc) is 2.26. The van der Waals surface area contributed by atoms with E-state index in [1.807, 2.05) is 6.92 Å². The van der Waals surface area contributed by atoms with Gasteiger partial charge < -0.3 is 5.32 Å². The zero-order valence-corrected chi connectivity index (χ0v) is 10.0. The third-order valence-electron chi connectivity index (χ3n) is 2.54. The zero-order valence-electron chi connectivity index (χ0n) is 10.0. The van der Waals surface area contributed by atoms with Gasteiger partial charge in [-0.1, -0.05) is 12.1 Å². The average molecular weight is 261 g/mol. The lowest BCUT2D eigenvalue weighted by Crippen LogP contribution is -2.26. The molecule has 1 unspecified atom stereocenters. The Morgan fingerprint density at radius 2 is 2.06 bits per heavy atom. The predicted molar refractivity (Wildman–Crippen MR) is 62.5 cm³/mol. The Morgan fingerprint density at radius 3 is 2.61 bits per heavy atom. The van der Waals surface area contributed by atoms with Gasteiger partial charge in [0.15, 0.2) is 0 Å². The van der Waals surface area contributed by atoms with Crippen LogP contribution < -0.4 is 5.32 Å². The van der Waals surface area contributed by atoms with Crippen molar-refractivity contribution in [3.63, 3.8) is 0 Å². The van der Waals surface area contributed by atoms with Gasteiger partial charge >= 0.3 is 6.18 Å². The highest BCUT2D eigenvalue weighted by Gasteiger charge is 2.33. The van der Waals surface area contributed by atoms with Gasteiger partial charge in [0.1, 0.15) is 5.82 Å². The van der Waals surface area contributed by atoms with Gasteiger partial charge in [0, 0.05) is 12.6 Å². The molecule has 1 aromatic carbocycles. The molecule has 1 rings (SSSR count). The molecule has 0 aliphatic heterocycles. The second-order valence-corrected chi connectivity index (χ2v) is 4.11. The molecule has 1 nitrogen and oxygen atoms in total. The molecule has 0 saturated carbocycles. The lowest BCUT2D eigenvalue weighted by atomic mass is 10.1. The molecule has 0 heterocycles. The van der Waals surface area contributed by atoms with E-state index in [0.29, 0.717) is 12.5 Å². The van der Waals surface area contributed by atoms with Crippen molar-refractivity contribution in [3.05, 3.63) is 47.8 Å². The van der Waals surface area contributed by atoms with Crippen molar-refractivity contribution >= 4 is 0 Å². The summed E-state index contributed by atoms with van der Waals surface area (Å²) in [5.41, 5.74) is -0.888. The lowest BCUT2D eigenvalue weighted by Gasteiger charge is -2.16. The maximum Gasteiger partial charge on any atom is 0.416 e. The Labute approximate surface area is 104 Å². The van der Waals surface area contributed by atoms with Crippen LogP contribution >= 0.6 is 0 Å². The summed E-state index contributed by atoms with van der Waals surface area (Å²) < 4.78 is 50.9. The number of alkyl halides is 3. The zero-order chi connectivity index (χ0) is 13.8. The first kappa shape index (κ1) is 14.7. The summed E-state index contributed by atoms with van der Waals surface area (Å²) in [5.74, 6) is -0.884. The smallest absolute Gasteiger partial charge is 0.310 e. The van der Waals surface area contributed by atoms with Gasteiger partial charge in [-0.2, -0.15) is 13.2 Å². The first-order chi connectivity index (χ1) is 8.34.